The number of carbonyl (C=O) groups excluding carboxylic acids is 2. The van der Waals surface area contributed by atoms with Crippen LogP contribution < -0.4 is 10.2 Å². The first kappa shape index (κ1) is 25.7. The van der Waals surface area contributed by atoms with Crippen LogP contribution in [-0.2, 0) is 24.5 Å². The van der Waals surface area contributed by atoms with Crippen molar-refractivity contribution in [2.45, 2.75) is 44.9 Å². The highest BCUT2D eigenvalue weighted by molar-refractivity contribution is 6.31. The van der Waals surface area contributed by atoms with Crippen molar-refractivity contribution >= 4 is 46.5 Å². The highest BCUT2D eigenvalue weighted by atomic mass is 35.5. The summed E-state index contributed by atoms with van der Waals surface area (Å²) in [6.45, 7) is 6.68. The molecular weight excluding hydrogens is 517 g/mol. The van der Waals surface area contributed by atoms with Crippen molar-refractivity contribution in [1.29, 1.82) is 0 Å². The molecule has 1 spiro atoms. The summed E-state index contributed by atoms with van der Waals surface area (Å²) < 4.78 is 13.1. The van der Waals surface area contributed by atoms with E-state index in [2.05, 4.69) is 15.6 Å². The number of carbonyl (C=O) groups is 2. The van der Waals surface area contributed by atoms with Crippen molar-refractivity contribution in [3.05, 3.63) is 69.3 Å². The Morgan fingerprint density at radius 2 is 1.73 bits per heavy atom. The highest BCUT2D eigenvalue weighted by Crippen LogP contribution is 2.52. The molecule has 0 fully saturated rings. The predicted molar refractivity (Wildman–Crippen MR) is 140 cm³/mol. The van der Waals surface area contributed by atoms with Crippen molar-refractivity contribution in [2.24, 2.45) is 0 Å². The summed E-state index contributed by atoms with van der Waals surface area (Å²) in [7, 11) is 0. The Morgan fingerprint density at radius 1 is 1.05 bits per heavy atom. The van der Waals surface area contributed by atoms with Crippen LogP contribution in [0.25, 0.3) is 0 Å². The number of benzene rings is 2. The van der Waals surface area contributed by atoms with Gasteiger partial charge in [-0.15, -0.1) is 5.10 Å². The molecule has 0 saturated carbocycles. The molecule has 0 aliphatic carbocycles. The smallest absolute Gasteiger partial charge is 0.244 e. The second kappa shape index (κ2) is 10.1. The van der Waals surface area contributed by atoms with Gasteiger partial charge in [0.1, 0.15) is 11.1 Å². The number of anilines is 2. The van der Waals surface area contributed by atoms with Gasteiger partial charge >= 0.3 is 0 Å². The molecule has 1 aromatic heterocycles. The van der Waals surface area contributed by atoms with E-state index in [4.69, 9.17) is 32.7 Å². The van der Waals surface area contributed by atoms with Crippen LogP contribution in [0.1, 0.15) is 50.1 Å². The fourth-order valence-electron chi connectivity index (χ4n) is 5.15. The van der Waals surface area contributed by atoms with Gasteiger partial charge in [0.05, 0.1) is 19.0 Å². The van der Waals surface area contributed by atoms with Crippen LogP contribution in [0.15, 0.2) is 42.5 Å². The van der Waals surface area contributed by atoms with E-state index in [1.165, 1.54) is 0 Å². The lowest BCUT2D eigenvalue weighted by Crippen LogP contribution is -2.49. The molecule has 5 rings (SSSR count). The van der Waals surface area contributed by atoms with Crippen LogP contribution in [0.4, 0.5) is 11.5 Å². The molecule has 37 heavy (non-hydrogen) atoms. The van der Waals surface area contributed by atoms with Crippen LogP contribution in [0.5, 0.6) is 0 Å². The number of nitrogens with one attached hydrogen (secondary N) is 1. The molecule has 3 heterocycles. The molecule has 0 bridgehead atoms. The zero-order valence-corrected chi connectivity index (χ0v) is 22.2. The van der Waals surface area contributed by atoms with Gasteiger partial charge in [0.15, 0.2) is 12.1 Å². The molecule has 2 atom stereocenters. The molecule has 2 aliphatic rings. The first-order chi connectivity index (χ1) is 17.8. The third kappa shape index (κ3) is 4.29. The van der Waals surface area contributed by atoms with Crippen molar-refractivity contribution in [2.75, 3.05) is 30.0 Å². The monoisotopic (exact) mass is 543 g/mol. The van der Waals surface area contributed by atoms with Crippen molar-refractivity contribution < 1.29 is 19.1 Å². The first-order valence-electron chi connectivity index (χ1n) is 12.2. The van der Waals surface area contributed by atoms with E-state index in [1.807, 2.05) is 32.9 Å². The Balaban J connectivity index is 1.63. The summed E-state index contributed by atoms with van der Waals surface area (Å²) in [4.78, 5) is 29.1. The van der Waals surface area contributed by atoms with E-state index in [0.717, 1.165) is 5.56 Å². The average molecular weight is 544 g/mol. The molecule has 2 aliphatic heterocycles. The van der Waals surface area contributed by atoms with Crippen molar-refractivity contribution in [3.63, 3.8) is 0 Å². The van der Waals surface area contributed by atoms with E-state index in [0.29, 0.717) is 46.0 Å². The minimum absolute atomic E-state index is 0.120. The quantitative estimate of drug-likeness (QED) is 0.418. The zero-order valence-electron chi connectivity index (χ0n) is 20.7. The number of hydrogen-bond acceptors (Lipinski definition) is 6. The van der Waals surface area contributed by atoms with Crippen molar-refractivity contribution in [1.82, 2.24) is 15.0 Å². The molecule has 3 aromatic rings. The predicted octanol–water partition coefficient (Wildman–Crippen LogP) is 4.57. The Labute approximate surface area is 224 Å². The van der Waals surface area contributed by atoms with Gasteiger partial charge in [0.25, 0.3) is 0 Å². The maximum absolute atomic E-state index is 14.3. The molecule has 2 amide bonds. The molecular formula is C26H27Cl2N5O4. The number of ether oxygens (including phenoxy) is 2. The molecule has 0 saturated heterocycles. The maximum Gasteiger partial charge on any atom is 0.244 e. The summed E-state index contributed by atoms with van der Waals surface area (Å²) in [6.07, 6.45) is -0.750. The number of fused-ring (bicyclic) bond motifs is 4. The Bertz CT molecular complexity index is 1340. The Kier molecular flexibility index (Phi) is 6.97. The van der Waals surface area contributed by atoms with Gasteiger partial charge < -0.3 is 19.7 Å². The molecule has 0 unspecified atom stereocenters. The number of aromatic nitrogens is 3. The summed E-state index contributed by atoms with van der Waals surface area (Å²) in [5.41, 5.74) is 1.18. The normalized spacial score (nSPS) is 19.4. The molecule has 0 radical (unpaired) electrons. The second-order valence-electron chi connectivity index (χ2n) is 9.01. The summed E-state index contributed by atoms with van der Waals surface area (Å²) in [5, 5.41) is 12.8. The van der Waals surface area contributed by atoms with Gasteiger partial charge in [-0.2, -0.15) is 0 Å². The number of hydrogen-bond donors (Lipinski definition) is 1. The number of amides is 2. The first-order valence-corrected chi connectivity index (χ1v) is 12.9. The maximum atomic E-state index is 14.3. The third-order valence-electron chi connectivity index (χ3n) is 6.86. The summed E-state index contributed by atoms with van der Waals surface area (Å²) >= 11 is 12.5. The molecule has 11 heteroatoms. The third-order valence-corrected chi connectivity index (χ3v) is 7.34. The number of halogens is 2. The largest absolute Gasteiger partial charge is 0.351 e. The summed E-state index contributed by atoms with van der Waals surface area (Å²) in [5.74, 6) is -0.228. The second-order valence-corrected chi connectivity index (χ2v) is 9.88. The Morgan fingerprint density at radius 3 is 2.41 bits per heavy atom. The van der Waals surface area contributed by atoms with Crippen LogP contribution in [0, 0.1) is 0 Å². The molecule has 2 aromatic carbocycles. The van der Waals surface area contributed by atoms with Gasteiger partial charge in [-0.05, 0) is 62.2 Å². The van der Waals surface area contributed by atoms with Crippen LogP contribution >= 0.6 is 23.2 Å². The fraction of sp³-hybridized carbons (Fsp3) is 0.385. The number of nitrogens with zero attached hydrogens (tertiary/aromatic N) is 4. The van der Waals surface area contributed by atoms with E-state index >= 15 is 0 Å². The van der Waals surface area contributed by atoms with Crippen LogP contribution in [0.2, 0.25) is 10.0 Å². The minimum Gasteiger partial charge on any atom is -0.351 e. The number of rotatable bonds is 8. The lowest BCUT2D eigenvalue weighted by molar-refractivity contribution is -0.137. The van der Waals surface area contributed by atoms with Gasteiger partial charge in [-0.25, -0.2) is 4.68 Å². The van der Waals surface area contributed by atoms with E-state index in [-0.39, 0.29) is 30.8 Å². The van der Waals surface area contributed by atoms with Gasteiger partial charge in [0.2, 0.25) is 11.8 Å². The van der Waals surface area contributed by atoms with Crippen LogP contribution in [0.3, 0.4) is 0 Å². The van der Waals surface area contributed by atoms with Gasteiger partial charge in [-0.3, -0.25) is 9.59 Å². The van der Waals surface area contributed by atoms with Gasteiger partial charge in [-0.1, -0.05) is 40.5 Å². The minimum atomic E-state index is -1.38. The highest BCUT2D eigenvalue weighted by Gasteiger charge is 2.59. The zero-order chi connectivity index (χ0) is 26.3. The molecule has 194 valence electrons. The fourth-order valence-corrected chi connectivity index (χ4v) is 5.45. The van der Waals surface area contributed by atoms with Crippen LogP contribution in [-0.4, -0.2) is 52.9 Å². The molecule has 1 N–H and O–H groups in total. The van der Waals surface area contributed by atoms with E-state index in [1.54, 1.807) is 39.9 Å². The SMILES string of the molecule is CCOC(CN1C(=O)[C@]2(CC(=O)Nc3c2nnn3[C@@H](C)c2ccc(Cl)cc2)c2cc(Cl)ccc21)OCC. The van der Waals surface area contributed by atoms with E-state index < -0.39 is 11.7 Å². The lowest BCUT2D eigenvalue weighted by atomic mass is 9.73. The topological polar surface area (TPSA) is 98.6 Å². The summed E-state index contributed by atoms with van der Waals surface area (Å²) in [6, 6.07) is 12.3. The average Bonchev–Trinajstić information content (AvgIpc) is 3.38. The van der Waals surface area contributed by atoms with Crippen molar-refractivity contribution in [3.8, 4) is 0 Å². The standard InChI is InChI=1S/C26H27Cl2N5O4/c1-4-36-22(37-5-2)14-32-20-11-10-18(28)12-19(20)26(25(32)35)13-21(34)29-24-23(26)30-31-33(24)15(3)16-6-8-17(27)9-7-16/h6-12,15,22H,4-5,13-14H2,1-3H3,(H,29,34)/t15-,26+/m0/s1. The van der Waals surface area contributed by atoms with Gasteiger partial charge in [0, 0.05) is 28.9 Å². The lowest BCUT2D eigenvalue weighted by Gasteiger charge is -2.32. The Hall–Kier alpha value is -2.98. The molecule has 9 nitrogen and oxygen atoms in total. The van der Waals surface area contributed by atoms with E-state index in [9.17, 15) is 9.59 Å².